The minimum atomic E-state index is -1.40. The topological polar surface area (TPSA) is 63.6 Å². The number of carboxylic acids is 1. The van der Waals surface area contributed by atoms with Crippen molar-refractivity contribution in [1.29, 1.82) is 0 Å². The summed E-state index contributed by atoms with van der Waals surface area (Å²) < 4.78 is 5.75. The summed E-state index contributed by atoms with van der Waals surface area (Å²) in [5.74, 6) is -0.827. The van der Waals surface area contributed by atoms with Crippen LogP contribution in [0.1, 0.15) is 106 Å². The lowest BCUT2D eigenvalue weighted by Crippen LogP contribution is -2.43. The van der Waals surface area contributed by atoms with Gasteiger partial charge in [-0.3, -0.25) is 9.59 Å². The van der Waals surface area contributed by atoms with Crippen molar-refractivity contribution in [2.75, 3.05) is 0 Å². The zero-order valence-electron chi connectivity index (χ0n) is 18.0. The standard InChI is InChI=1S/C22H42O4/c1-7-9-10-11-12-19(8-2)26-21(25)22(20(23)24,15-13-17(3)4)16-14-18(5)6/h17-19H,7-16H2,1-6H3,(H,23,24). The van der Waals surface area contributed by atoms with Crippen LogP contribution in [0.15, 0.2) is 0 Å². The first-order valence-electron chi connectivity index (χ1n) is 10.6. The molecule has 4 nitrogen and oxygen atoms in total. The molecule has 0 amide bonds. The van der Waals surface area contributed by atoms with Crippen LogP contribution in [0, 0.1) is 17.3 Å². The molecule has 1 unspecified atom stereocenters. The lowest BCUT2D eigenvalue weighted by Gasteiger charge is -2.30. The molecule has 0 aromatic rings. The van der Waals surface area contributed by atoms with Crippen LogP contribution in [0.4, 0.5) is 0 Å². The fourth-order valence-electron chi connectivity index (χ4n) is 3.11. The molecule has 0 rings (SSSR count). The van der Waals surface area contributed by atoms with E-state index in [-0.39, 0.29) is 6.10 Å². The van der Waals surface area contributed by atoms with E-state index < -0.39 is 17.4 Å². The zero-order chi connectivity index (χ0) is 20.2. The van der Waals surface area contributed by atoms with Gasteiger partial charge in [0, 0.05) is 0 Å². The minimum absolute atomic E-state index is 0.170. The Balaban J connectivity index is 5.16. The summed E-state index contributed by atoms with van der Waals surface area (Å²) in [7, 11) is 0. The molecular weight excluding hydrogens is 328 g/mol. The molecule has 0 aliphatic rings. The number of ether oxygens (including phenoxy) is 1. The second-order valence-corrected chi connectivity index (χ2v) is 8.54. The van der Waals surface area contributed by atoms with E-state index in [0.29, 0.717) is 37.5 Å². The van der Waals surface area contributed by atoms with Gasteiger partial charge in [-0.1, -0.05) is 60.8 Å². The van der Waals surface area contributed by atoms with Crippen LogP contribution in [-0.4, -0.2) is 23.1 Å². The molecule has 4 heteroatoms. The maximum Gasteiger partial charge on any atom is 0.323 e. The van der Waals surface area contributed by atoms with Crippen molar-refractivity contribution in [2.45, 2.75) is 112 Å². The van der Waals surface area contributed by atoms with Crippen LogP contribution in [0.3, 0.4) is 0 Å². The predicted molar refractivity (Wildman–Crippen MR) is 107 cm³/mol. The lowest BCUT2D eigenvalue weighted by molar-refractivity contribution is -0.174. The van der Waals surface area contributed by atoms with E-state index in [2.05, 4.69) is 34.6 Å². The largest absolute Gasteiger partial charge is 0.480 e. The van der Waals surface area contributed by atoms with E-state index in [4.69, 9.17) is 4.74 Å². The molecule has 154 valence electrons. The predicted octanol–water partition coefficient (Wildman–Crippen LogP) is 6.22. The van der Waals surface area contributed by atoms with E-state index in [1.165, 1.54) is 12.8 Å². The molecule has 1 atom stereocenters. The molecule has 0 aliphatic heterocycles. The highest BCUT2D eigenvalue weighted by Gasteiger charge is 2.47. The third kappa shape index (κ3) is 9.05. The van der Waals surface area contributed by atoms with Crippen LogP contribution >= 0.6 is 0 Å². The summed E-state index contributed by atoms with van der Waals surface area (Å²) in [6.45, 7) is 12.4. The van der Waals surface area contributed by atoms with Gasteiger partial charge in [-0.2, -0.15) is 0 Å². The molecule has 0 aromatic heterocycles. The normalized spacial score (nSPS) is 13.2. The number of unbranched alkanes of at least 4 members (excludes halogenated alkanes) is 3. The van der Waals surface area contributed by atoms with Gasteiger partial charge in [0.05, 0.1) is 0 Å². The van der Waals surface area contributed by atoms with Gasteiger partial charge < -0.3 is 9.84 Å². The molecule has 0 saturated carbocycles. The molecule has 0 saturated heterocycles. The van der Waals surface area contributed by atoms with Crippen LogP contribution < -0.4 is 0 Å². The van der Waals surface area contributed by atoms with E-state index in [0.717, 1.165) is 25.7 Å². The quantitative estimate of drug-likeness (QED) is 0.211. The monoisotopic (exact) mass is 370 g/mol. The van der Waals surface area contributed by atoms with Gasteiger partial charge in [0.1, 0.15) is 6.10 Å². The Morgan fingerprint density at radius 3 is 1.81 bits per heavy atom. The number of hydrogen-bond donors (Lipinski definition) is 1. The van der Waals surface area contributed by atoms with E-state index in [9.17, 15) is 14.7 Å². The van der Waals surface area contributed by atoms with Crippen LogP contribution in [-0.2, 0) is 14.3 Å². The van der Waals surface area contributed by atoms with E-state index >= 15 is 0 Å². The summed E-state index contributed by atoms with van der Waals surface area (Å²) in [5, 5.41) is 9.95. The molecule has 26 heavy (non-hydrogen) atoms. The summed E-state index contributed by atoms with van der Waals surface area (Å²) in [5.41, 5.74) is -1.40. The second kappa shape index (κ2) is 13.2. The number of carboxylic acid groups (broad SMARTS) is 1. The number of carbonyl (C=O) groups excluding carboxylic acids is 1. The summed E-state index contributed by atoms with van der Waals surface area (Å²) in [6, 6.07) is 0. The lowest BCUT2D eigenvalue weighted by atomic mass is 9.76. The summed E-state index contributed by atoms with van der Waals surface area (Å²) in [6.07, 6.45) is 8.06. The number of hydrogen-bond acceptors (Lipinski definition) is 3. The molecule has 1 N–H and O–H groups in total. The Kier molecular flexibility index (Phi) is 12.6. The van der Waals surface area contributed by atoms with Gasteiger partial charge in [0.2, 0.25) is 0 Å². The molecule has 0 fully saturated rings. The second-order valence-electron chi connectivity index (χ2n) is 8.54. The zero-order valence-corrected chi connectivity index (χ0v) is 18.0. The fraction of sp³-hybridized carbons (Fsp3) is 0.909. The minimum Gasteiger partial charge on any atom is -0.480 e. The molecule has 0 aliphatic carbocycles. The Morgan fingerprint density at radius 1 is 0.885 bits per heavy atom. The van der Waals surface area contributed by atoms with Gasteiger partial charge in [0.25, 0.3) is 0 Å². The van der Waals surface area contributed by atoms with Crippen LogP contribution in [0.2, 0.25) is 0 Å². The number of carbonyl (C=O) groups is 2. The van der Waals surface area contributed by atoms with Crippen molar-refractivity contribution in [1.82, 2.24) is 0 Å². The van der Waals surface area contributed by atoms with Crippen LogP contribution in [0.25, 0.3) is 0 Å². The first kappa shape index (κ1) is 24.9. The fourth-order valence-corrected chi connectivity index (χ4v) is 3.11. The van der Waals surface area contributed by atoms with Gasteiger partial charge in [-0.05, 0) is 56.8 Å². The highest BCUT2D eigenvalue weighted by molar-refractivity contribution is 5.99. The van der Waals surface area contributed by atoms with Crippen molar-refractivity contribution >= 4 is 11.9 Å². The van der Waals surface area contributed by atoms with Crippen molar-refractivity contribution in [3.63, 3.8) is 0 Å². The maximum atomic E-state index is 13.0. The first-order valence-corrected chi connectivity index (χ1v) is 10.6. The molecule has 0 aromatic carbocycles. The van der Waals surface area contributed by atoms with Crippen molar-refractivity contribution in [3.8, 4) is 0 Å². The number of aliphatic carboxylic acids is 1. The summed E-state index contributed by atoms with van der Waals surface area (Å²) in [4.78, 5) is 25.1. The number of esters is 1. The number of rotatable bonds is 15. The SMILES string of the molecule is CCCCCCC(CC)OC(=O)C(CCC(C)C)(CCC(C)C)C(=O)O. The molecule has 0 radical (unpaired) electrons. The van der Waals surface area contributed by atoms with Gasteiger partial charge in [-0.25, -0.2) is 0 Å². The van der Waals surface area contributed by atoms with Crippen LogP contribution in [0.5, 0.6) is 0 Å². The Morgan fingerprint density at radius 2 is 1.42 bits per heavy atom. The Bertz CT molecular complexity index is 389. The van der Waals surface area contributed by atoms with Crippen molar-refractivity contribution in [3.05, 3.63) is 0 Å². The van der Waals surface area contributed by atoms with E-state index in [1.54, 1.807) is 0 Å². The highest BCUT2D eigenvalue weighted by atomic mass is 16.5. The third-order valence-corrected chi connectivity index (χ3v) is 5.21. The van der Waals surface area contributed by atoms with Crippen molar-refractivity contribution < 1.29 is 19.4 Å². The molecule has 0 bridgehead atoms. The Hall–Kier alpha value is -1.06. The van der Waals surface area contributed by atoms with Gasteiger partial charge >= 0.3 is 11.9 Å². The third-order valence-electron chi connectivity index (χ3n) is 5.21. The molecule has 0 spiro atoms. The highest BCUT2D eigenvalue weighted by Crippen LogP contribution is 2.36. The summed E-state index contributed by atoms with van der Waals surface area (Å²) >= 11 is 0. The van der Waals surface area contributed by atoms with Gasteiger partial charge in [-0.15, -0.1) is 0 Å². The average molecular weight is 371 g/mol. The van der Waals surface area contributed by atoms with Crippen molar-refractivity contribution in [2.24, 2.45) is 17.3 Å². The smallest absolute Gasteiger partial charge is 0.323 e. The first-order chi connectivity index (χ1) is 12.2. The Labute approximate surface area is 161 Å². The van der Waals surface area contributed by atoms with Gasteiger partial charge in [0.15, 0.2) is 5.41 Å². The maximum absolute atomic E-state index is 13.0. The van der Waals surface area contributed by atoms with E-state index in [1.807, 2.05) is 6.92 Å². The molecule has 0 heterocycles. The average Bonchev–Trinajstić information content (AvgIpc) is 2.56. The molecular formula is C22H42O4.